The Hall–Kier alpha value is -3.88. The lowest BCUT2D eigenvalue weighted by Crippen LogP contribution is -2.38. The topological polar surface area (TPSA) is 94.5 Å². The highest BCUT2D eigenvalue weighted by atomic mass is 16.3. The zero-order valence-electron chi connectivity index (χ0n) is 21.2. The standard InChI is InChI=1S/C29H32N6O2/c1-3-35(17-15-22-8-6-7-16-30-22)28(37)20-11-13-23(14-12-20)32-29-31-19-21-18-26(36)34(2)25-10-5-4-9-24(25)27(21)33-29/h4-13,16,19,23,28,37H,3,14-15,17-18H2,1-2H3,(H,31,32,33). The molecule has 2 atom stereocenters. The van der Waals surface area contributed by atoms with Crippen LogP contribution in [0.5, 0.6) is 0 Å². The van der Waals surface area contributed by atoms with Gasteiger partial charge >= 0.3 is 0 Å². The van der Waals surface area contributed by atoms with Crippen LogP contribution in [0.1, 0.15) is 24.6 Å². The number of hydrogen-bond acceptors (Lipinski definition) is 7. The number of amides is 1. The molecule has 1 aromatic carbocycles. The lowest BCUT2D eigenvalue weighted by atomic mass is 10.0. The highest BCUT2D eigenvalue weighted by Gasteiger charge is 2.25. The van der Waals surface area contributed by atoms with E-state index in [1.807, 2.05) is 59.5 Å². The van der Waals surface area contributed by atoms with Gasteiger partial charge in [-0.1, -0.05) is 49.4 Å². The van der Waals surface area contributed by atoms with Crippen LogP contribution < -0.4 is 10.2 Å². The van der Waals surface area contributed by atoms with Gasteiger partial charge < -0.3 is 15.3 Å². The maximum absolute atomic E-state index is 12.6. The molecule has 0 saturated heterocycles. The molecule has 1 amide bonds. The number of rotatable bonds is 8. The number of aliphatic hydroxyl groups is 1. The predicted molar refractivity (Wildman–Crippen MR) is 145 cm³/mol. The van der Waals surface area contributed by atoms with Crippen molar-refractivity contribution in [1.82, 2.24) is 19.9 Å². The number of nitrogens with zero attached hydrogens (tertiary/aromatic N) is 5. The number of hydrogen-bond donors (Lipinski definition) is 2. The van der Waals surface area contributed by atoms with Crippen molar-refractivity contribution in [3.63, 3.8) is 0 Å². The third-order valence-corrected chi connectivity index (χ3v) is 6.98. The van der Waals surface area contributed by atoms with Crippen LogP contribution in [0.15, 0.2) is 78.7 Å². The van der Waals surface area contributed by atoms with Crippen LogP contribution in [-0.2, 0) is 17.6 Å². The average Bonchev–Trinajstić information content (AvgIpc) is 3.04. The monoisotopic (exact) mass is 496 g/mol. The average molecular weight is 497 g/mol. The van der Waals surface area contributed by atoms with Gasteiger partial charge in [-0.2, -0.15) is 0 Å². The van der Waals surface area contributed by atoms with Crippen molar-refractivity contribution in [3.05, 3.63) is 89.9 Å². The molecule has 37 heavy (non-hydrogen) atoms. The Bertz CT molecular complexity index is 1320. The van der Waals surface area contributed by atoms with Gasteiger partial charge in [-0.25, -0.2) is 9.97 Å². The summed E-state index contributed by atoms with van der Waals surface area (Å²) in [6, 6.07) is 13.7. The number of aromatic nitrogens is 3. The number of likely N-dealkylation sites (N-methyl/N-ethyl adjacent to an activating group) is 2. The van der Waals surface area contributed by atoms with Crippen LogP contribution >= 0.6 is 0 Å². The van der Waals surface area contributed by atoms with Crippen LogP contribution in [0.2, 0.25) is 0 Å². The van der Waals surface area contributed by atoms with E-state index in [0.29, 0.717) is 12.4 Å². The lowest BCUT2D eigenvalue weighted by Gasteiger charge is -2.29. The molecule has 2 N–H and O–H groups in total. The number of carbonyl (C=O) groups excluding carboxylic acids is 1. The molecule has 190 valence electrons. The highest BCUT2D eigenvalue weighted by molar-refractivity contribution is 6.01. The van der Waals surface area contributed by atoms with Gasteiger partial charge in [0.15, 0.2) is 0 Å². The molecule has 0 saturated carbocycles. The van der Waals surface area contributed by atoms with E-state index in [0.717, 1.165) is 53.3 Å². The first kappa shape index (κ1) is 24.8. The molecular weight excluding hydrogens is 464 g/mol. The Morgan fingerprint density at radius 3 is 2.78 bits per heavy atom. The second-order valence-corrected chi connectivity index (χ2v) is 9.34. The zero-order valence-corrected chi connectivity index (χ0v) is 21.2. The first-order valence-electron chi connectivity index (χ1n) is 12.7. The third kappa shape index (κ3) is 5.45. The molecule has 1 aliphatic carbocycles. The Kier molecular flexibility index (Phi) is 7.39. The van der Waals surface area contributed by atoms with Gasteiger partial charge in [0, 0.05) is 49.2 Å². The van der Waals surface area contributed by atoms with E-state index >= 15 is 0 Å². The van der Waals surface area contributed by atoms with E-state index in [9.17, 15) is 9.90 Å². The molecule has 2 aliphatic rings. The summed E-state index contributed by atoms with van der Waals surface area (Å²) >= 11 is 0. The number of benzene rings is 1. The highest BCUT2D eigenvalue weighted by Crippen LogP contribution is 2.35. The van der Waals surface area contributed by atoms with Gasteiger partial charge in [-0.05, 0) is 36.7 Å². The number of para-hydroxylation sites is 1. The Morgan fingerprint density at radius 1 is 1.19 bits per heavy atom. The van der Waals surface area contributed by atoms with Crippen molar-refractivity contribution in [1.29, 1.82) is 0 Å². The minimum atomic E-state index is -0.666. The van der Waals surface area contributed by atoms with E-state index in [1.54, 1.807) is 24.3 Å². The number of fused-ring (bicyclic) bond motifs is 3. The molecule has 0 spiro atoms. The summed E-state index contributed by atoms with van der Waals surface area (Å²) in [5, 5.41) is 14.4. The molecular formula is C29H32N6O2. The second-order valence-electron chi connectivity index (χ2n) is 9.34. The Labute approximate surface area is 217 Å². The fourth-order valence-electron chi connectivity index (χ4n) is 4.79. The molecule has 3 heterocycles. The maximum atomic E-state index is 12.6. The van der Waals surface area contributed by atoms with Crippen molar-refractivity contribution in [2.45, 2.75) is 38.5 Å². The molecule has 2 aromatic heterocycles. The number of pyridine rings is 1. The normalized spacial score (nSPS) is 17.6. The van der Waals surface area contributed by atoms with E-state index in [2.05, 4.69) is 28.3 Å². The van der Waals surface area contributed by atoms with Gasteiger partial charge in [-0.15, -0.1) is 0 Å². The van der Waals surface area contributed by atoms with Crippen LogP contribution in [-0.4, -0.2) is 63.3 Å². The zero-order chi connectivity index (χ0) is 25.8. The minimum Gasteiger partial charge on any atom is -0.374 e. The molecule has 3 aromatic rings. The van der Waals surface area contributed by atoms with E-state index in [4.69, 9.17) is 4.98 Å². The summed E-state index contributed by atoms with van der Waals surface area (Å²) in [4.78, 5) is 30.0. The van der Waals surface area contributed by atoms with Gasteiger partial charge in [-0.3, -0.25) is 14.7 Å². The Morgan fingerprint density at radius 2 is 2.03 bits per heavy atom. The molecule has 1 aliphatic heterocycles. The second kappa shape index (κ2) is 11.0. The number of nitrogens with one attached hydrogen (secondary N) is 1. The third-order valence-electron chi connectivity index (χ3n) is 6.98. The summed E-state index contributed by atoms with van der Waals surface area (Å²) < 4.78 is 0. The SMILES string of the molecule is CCN(CCc1ccccn1)C(O)C1=CCC(Nc2ncc3c(n2)-c2ccccc2N(C)C(=O)C3)C=C1. The van der Waals surface area contributed by atoms with Crippen molar-refractivity contribution >= 4 is 17.5 Å². The lowest BCUT2D eigenvalue weighted by molar-refractivity contribution is -0.117. The van der Waals surface area contributed by atoms with Crippen LogP contribution in [0, 0.1) is 0 Å². The maximum Gasteiger partial charge on any atom is 0.231 e. The minimum absolute atomic E-state index is 0.00271. The summed E-state index contributed by atoms with van der Waals surface area (Å²) in [6.07, 6.45) is 10.7. The van der Waals surface area contributed by atoms with Crippen molar-refractivity contribution < 1.29 is 9.90 Å². The van der Waals surface area contributed by atoms with Gasteiger partial charge in [0.1, 0.15) is 6.23 Å². The fraction of sp³-hybridized carbons (Fsp3) is 0.310. The van der Waals surface area contributed by atoms with Crippen molar-refractivity contribution in [2.24, 2.45) is 0 Å². The van der Waals surface area contributed by atoms with Gasteiger partial charge in [0.2, 0.25) is 11.9 Å². The van der Waals surface area contributed by atoms with Crippen LogP contribution in [0.3, 0.4) is 0 Å². The first-order valence-corrected chi connectivity index (χ1v) is 12.7. The molecule has 0 radical (unpaired) electrons. The first-order chi connectivity index (χ1) is 18.0. The van der Waals surface area contributed by atoms with Crippen LogP contribution in [0.25, 0.3) is 11.3 Å². The predicted octanol–water partition coefficient (Wildman–Crippen LogP) is 3.61. The summed E-state index contributed by atoms with van der Waals surface area (Å²) in [6.45, 7) is 3.52. The van der Waals surface area contributed by atoms with Gasteiger partial charge in [0.25, 0.3) is 0 Å². The Balaban J connectivity index is 1.25. The quantitative estimate of drug-likeness (QED) is 0.460. The summed E-state index contributed by atoms with van der Waals surface area (Å²) in [5.41, 5.74) is 5.28. The molecule has 8 heteroatoms. The summed E-state index contributed by atoms with van der Waals surface area (Å²) in [7, 11) is 1.79. The molecule has 5 rings (SSSR count). The summed E-state index contributed by atoms with van der Waals surface area (Å²) in [5.74, 6) is 0.534. The molecule has 2 unspecified atom stereocenters. The van der Waals surface area contributed by atoms with E-state index in [1.165, 1.54) is 0 Å². The van der Waals surface area contributed by atoms with E-state index in [-0.39, 0.29) is 18.4 Å². The number of anilines is 2. The number of aliphatic hydroxyl groups excluding tert-OH is 1. The van der Waals surface area contributed by atoms with Crippen molar-refractivity contribution in [2.75, 3.05) is 30.4 Å². The van der Waals surface area contributed by atoms with Crippen molar-refractivity contribution in [3.8, 4) is 11.3 Å². The molecule has 8 nitrogen and oxygen atoms in total. The van der Waals surface area contributed by atoms with Gasteiger partial charge in [0.05, 0.1) is 23.8 Å². The number of carbonyl (C=O) groups is 1. The molecule has 0 fully saturated rings. The molecule has 0 bridgehead atoms. The van der Waals surface area contributed by atoms with Crippen LogP contribution in [0.4, 0.5) is 11.6 Å². The largest absolute Gasteiger partial charge is 0.374 e. The smallest absolute Gasteiger partial charge is 0.231 e. The fourth-order valence-corrected chi connectivity index (χ4v) is 4.79. The van der Waals surface area contributed by atoms with E-state index < -0.39 is 6.23 Å².